The average molecular weight is 395 g/mol. The molecule has 3 rings (SSSR count). The van der Waals surface area contributed by atoms with Gasteiger partial charge in [-0.2, -0.15) is 0 Å². The molecule has 1 saturated heterocycles. The molecule has 2 aromatic carbocycles. The first kappa shape index (κ1) is 21.4. The van der Waals surface area contributed by atoms with Crippen LogP contribution in [0.15, 0.2) is 48.5 Å². The van der Waals surface area contributed by atoms with Crippen LogP contribution in [0.2, 0.25) is 0 Å². The van der Waals surface area contributed by atoms with Crippen LogP contribution in [0.4, 0.5) is 0 Å². The van der Waals surface area contributed by atoms with Crippen LogP contribution in [-0.4, -0.2) is 48.0 Å². The van der Waals surface area contributed by atoms with E-state index in [4.69, 9.17) is 4.74 Å². The Kier molecular flexibility index (Phi) is 7.32. The number of benzene rings is 2. The molecule has 0 N–H and O–H groups in total. The second-order valence-electron chi connectivity index (χ2n) is 8.18. The largest absolute Gasteiger partial charge is 0.481 e. The van der Waals surface area contributed by atoms with E-state index < -0.39 is 6.10 Å². The van der Waals surface area contributed by atoms with Crippen molar-refractivity contribution in [3.05, 3.63) is 65.2 Å². The van der Waals surface area contributed by atoms with Gasteiger partial charge in [0.05, 0.1) is 0 Å². The summed E-state index contributed by atoms with van der Waals surface area (Å²) in [6, 6.07) is 16.8. The molecular weight excluding hydrogens is 360 g/mol. The van der Waals surface area contributed by atoms with Gasteiger partial charge < -0.3 is 9.64 Å². The second kappa shape index (κ2) is 9.93. The van der Waals surface area contributed by atoms with Gasteiger partial charge >= 0.3 is 0 Å². The maximum atomic E-state index is 12.9. The lowest BCUT2D eigenvalue weighted by atomic mass is 9.97. The van der Waals surface area contributed by atoms with Crippen molar-refractivity contribution < 1.29 is 9.53 Å². The zero-order valence-electron chi connectivity index (χ0n) is 18.2. The summed E-state index contributed by atoms with van der Waals surface area (Å²) in [7, 11) is 0. The third-order valence-corrected chi connectivity index (χ3v) is 5.96. The van der Waals surface area contributed by atoms with E-state index in [1.165, 1.54) is 11.1 Å². The van der Waals surface area contributed by atoms with Gasteiger partial charge in [-0.25, -0.2) is 0 Å². The van der Waals surface area contributed by atoms with Crippen LogP contribution in [0.3, 0.4) is 0 Å². The van der Waals surface area contributed by atoms with Crippen LogP contribution in [0.25, 0.3) is 0 Å². The number of carbonyl (C=O) groups is 1. The molecule has 0 aliphatic carbocycles. The van der Waals surface area contributed by atoms with E-state index in [-0.39, 0.29) is 5.91 Å². The number of piperazine rings is 1. The first-order chi connectivity index (χ1) is 14.0. The molecule has 1 aliphatic rings. The van der Waals surface area contributed by atoms with Crippen LogP contribution in [-0.2, 0) is 11.3 Å². The van der Waals surface area contributed by atoms with E-state index in [0.717, 1.165) is 50.5 Å². The van der Waals surface area contributed by atoms with Crippen molar-refractivity contribution in [3.63, 3.8) is 0 Å². The van der Waals surface area contributed by atoms with Crippen LogP contribution < -0.4 is 4.74 Å². The Morgan fingerprint density at radius 3 is 2.34 bits per heavy atom. The molecule has 1 amide bonds. The predicted octanol–water partition coefficient (Wildman–Crippen LogP) is 4.62. The van der Waals surface area contributed by atoms with E-state index in [1.54, 1.807) is 0 Å². The maximum absolute atomic E-state index is 12.9. The van der Waals surface area contributed by atoms with Gasteiger partial charge in [0.2, 0.25) is 0 Å². The zero-order chi connectivity index (χ0) is 20.8. The lowest BCUT2D eigenvalue weighted by molar-refractivity contribution is -0.139. The molecule has 1 heterocycles. The number of hydrogen-bond acceptors (Lipinski definition) is 3. The smallest absolute Gasteiger partial charge is 0.263 e. The van der Waals surface area contributed by atoms with Crippen LogP contribution >= 0.6 is 0 Å². The molecule has 2 aromatic rings. The lowest BCUT2D eigenvalue weighted by Gasteiger charge is -2.36. The molecule has 1 fully saturated rings. The minimum absolute atomic E-state index is 0.0785. The number of hydrogen-bond donors (Lipinski definition) is 0. The van der Waals surface area contributed by atoms with Gasteiger partial charge in [0, 0.05) is 32.7 Å². The molecule has 29 heavy (non-hydrogen) atoms. The Hall–Kier alpha value is -2.33. The minimum Gasteiger partial charge on any atom is -0.481 e. The molecule has 4 nitrogen and oxygen atoms in total. The molecule has 0 spiro atoms. The number of nitrogens with zero attached hydrogens (tertiary/aromatic N) is 2. The maximum Gasteiger partial charge on any atom is 0.263 e. The third kappa shape index (κ3) is 5.60. The van der Waals surface area contributed by atoms with Crippen molar-refractivity contribution in [3.8, 4) is 5.75 Å². The fourth-order valence-electron chi connectivity index (χ4n) is 3.81. The fraction of sp³-hybridized carbons (Fsp3) is 0.480. The van der Waals surface area contributed by atoms with Gasteiger partial charge in [0.1, 0.15) is 5.75 Å². The van der Waals surface area contributed by atoms with Crippen molar-refractivity contribution in [2.75, 3.05) is 26.2 Å². The SMILES string of the molecule is CCC(C)c1ccc(OC(C)C(=O)N2CCN(Cc3ccccc3)CC2)c(C)c1. The van der Waals surface area contributed by atoms with Gasteiger partial charge in [0.25, 0.3) is 5.91 Å². The molecule has 0 aromatic heterocycles. The van der Waals surface area contributed by atoms with Crippen LogP contribution in [0.5, 0.6) is 5.75 Å². The molecular formula is C25H34N2O2. The normalized spacial score (nSPS) is 17.0. The monoisotopic (exact) mass is 394 g/mol. The summed E-state index contributed by atoms with van der Waals surface area (Å²) in [4.78, 5) is 17.2. The number of ether oxygens (including phenoxy) is 1. The molecule has 4 heteroatoms. The van der Waals surface area contributed by atoms with Crippen LogP contribution in [0, 0.1) is 6.92 Å². The minimum atomic E-state index is -0.469. The Bertz CT molecular complexity index is 798. The summed E-state index contributed by atoms with van der Waals surface area (Å²) in [5, 5.41) is 0. The number of rotatable bonds is 7. The summed E-state index contributed by atoms with van der Waals surface area (Å²) in [5.41, 5.74) is 3.74. The van der Waals surface area contributed by atoms with Crippen molar-refractivity contribution >= 4 is 5.91 Å². The average Bonchev–Trinajstić information content (AvgIpc) is 2.75. The van der Waals surface area contributed by atoms with Gasteiger partial charge in [-0.3, -0.25) is 9.69 Å². The fourth-order valence-corrected chi connectivity index (χ4v) is 3.81. The summed E-state index contributed by atoms with van der Waals surface area (Å²) < 4.78 is 6.05. The van der Waals surface area contributed by atoms with Crippen molar-refractivity contribution in [2.24, 2.45) is 0 Å². The first-order valence-corrected chi connectivity index (χ1v) is 10.8. The predicted molar refractivity (Wildman–Crippen MR) is 118 cm³/mol. The number of aryl methyl sites for hydroxylation is 1. The third-order valence-electron chi connectivity index (χ3n) is 5.96. The van der Waals surface area contributed by atoms with E-state index in [9.17, 15) is 4.79 Å². The summed E-state index contributed by atoms with van der Waals surface area (Å²) in [6.07, 6.45) is 0.647. The van der Waals surface area contributed by atoms with E-state index >= 15 is 0 Å². The lowest BCUT2D eigenvalue weighted by Crippen LogP contribution is -2.51. The molecule has 1 aliphatic heterocycles. The molecule has 0 radical (unpaired) electrons. The summed E-state index contributed by atoms with van der Waals surface area (Å²) >= 11 is 0. The summed E-state index contributed by atoms with van der Waals surface area (Å²) in [6.45, 7) is 12.6. The Labute approximate surface area is 175 Å². The van der Waals surface area contributed by atoms with Gasteiger partial charge in [0.15, 0.2) is 6.10 Å². The van der Waals surface area contributed by atoms with Gasteiger partial charge in [-0.15, -0.1) is 0 Å². The highest BCUT2D eigenvalue weighted by Crippen LogP contribution is 2.26. The molecule has 0 bridgehead atoms. The van der Waals surface area contributed by atoms with Crippen molar-refractivity contribution in [2.45, 2.75) is 52.7 Å². The Morgan fingerprint density at radius 1 is 1.03 bits per heavy atom. The van der Waals surface area contributed by atoms with Crippen LogP contribution in [0.1, 0.15) is 49.8 Å². The second-order valence-corrected chi connectivity index (χ2v) is 8.18. The molecule has 2 unspecified atom stereocenters. The Balaban J connectivity index is 1.52. The molecule has 2 atom stereocenters. The van der Waals surface area contributed by atoms with Crippen molar-refractivity contribution in [1.29, 1.82) is 0 Å². The highest BCUT2D eigenvalue weighted by atomic mass is 16.5. The molecule has 156 valence electrons. The Morgan fingerprint density at radius 2 is 1.72 bits per heavy atom. The topological polar surface area (TPSA) is 32.8 Å². The van der Waals surface area contributed by atoms with E-state index in [0.29, 0.717) is 5.92 Å². The quantitative estimate of drug-likeness (QED) is 0.687. The first-order valence-electron chi connectivity index (χ1n) is 10.8. The number of amides is 1. The highest BCUT2D eigenvalue weighted by Gasteiger charge is 2.26. The van der Waals surface area contributed by atoms with Gasteiger partial charge in [-0.05, 0) is 48.9 Å². The molecule has 0 saturated carbocycles. The van der Waals surface area contributed by atoms with E-state index in [2.05, 4.69) is 62.1 Å². The number of carbonyl (C=O) groups excluding carboxylic acids is 1. The van der Waals surface area contributed by atoms with Crippen molar-refractivity contribution in [1.82, 2.24) is 9.80 Å². The van der Waals surface area contributed by atoms with Gasteiger partial charge in [-0.1, -0.05) is 56.3 Å². The highest BCUT2D eigenvalue weighted by molar-refractivity contribution is 5.81. The zero-order valence-corrected chi connectivity index (χ0v) is 18.2. The van der Waals surface area contributed by atoms with E-state index in [1.807, 2.05) is 24.0 Å². The summed E-state index contributed by atoms with van der Waals surface area (Å²) in [5.74, 6) is 1.42. The standard InChI is InChI=1S/C25H34N2O2/c1-5-19(2)23-11-12-24(20(3)17-23)29-21(4)25(28)27-15-13-26(14-16-27)18-22-9-7-6-8-10-22/h6-12,17,19,21H,5,13-16,18H2,1-4H3.